The number of hydrogen-bond donors (Lipinski definition) is 3. The molecular weight excluding hydrogens is 350 g/mol. The molecule has 3 aromatic heterocycles. The molecule has 0 aromatic carbocycles. The number of hydrogen-bond acceptors (Lipinski definition) is 5. The fraction of sp³-hybridized carbons (Fsp3) is 0.333. The number of rotatable bonds is 4. The van der Waals surface area contributed by atoms with Crippen molar-refractivity contribution in [1.29, 1.82) is 0 Å². The van der Waals surface area contributed by atoms with Crippen LogP contribution in [0.3, 0.4) is 0 Å². The zero-order valence-corrected chi connectivity index (χ0v) is 14.8. The SMILES string of the molecule is COC(=O)c1cc(CNC(=O)c2cnc3[nH]c(=O)[nH]c3c2)n2c1CCCC2. The van der Waals surface area contributed by atoms with Crippen molar-refractivity contribution in [1.82, 2.24) is 24.8 Å². The lowest BCUT2D eigenvalue weighted by Crippen LogP contribution is -2.25. The fourth-order valence-corrected chi connectivity index (χ4v) is 3.51. The predicted molar refractivity (Wildman–Crippen MR) is 96.6 cm³/mol. The Balaban J connectivity index is 1.55. The highest BCUT2D eigenvalue weighted by molar-refractivity contribution is 5.96. The molecular formula is C18H19N5O4. The van der Waals surface area contributed by atoms with Gasteiger partial charge in [-0.1, -0.05) is 0 Å². The van der Waals surface area contributed by atoms with Gasteiger partial charge in [0, 0.05) is 24.1 Å². The Morgan fingerprint density at radius 3 is 2.96 bits per heavy atom. The van der Waals surface area contributed by atoms with Crippen molar-refractivity contribution in [3.05, 3.63) is 51.3 Å². The molecule has 27 heavy (non-hydrogen) atoms. The molecule has 0 spiro atoms. The number of carbonyl (C=O) groups is 2. The van der Waals surface area contributed by atoms with Crippen LogP contribution < -0.4 is 11.0 Å². The molecule has 0 bridgehead atoms. The summed E-state index contributed by atoms with van der Waals surface area (Å²) in [6.45, 7) is 1.10. The summed E-state index contributed by atoms with van der Waals surface area (Å²) in [6, 6.07) is 3.36. The fourth-order valence-electron chi connectivity index (χ4n) is 3.51. The summed E-state index contributed by atoms with van der Waals surface area (Å²) in [5.74, 6) is -0.665. The maximum Gasteiger partial charge on any atom is 0.339 e. The van der Waals surface area contributed by atoms with Gasteiger partial charge in [-0.3, -0.25) is 9.78 Å². The minimum Gasteiger partial charge on any atom is -0.465 e. The quantitative estimate of drug-likeness (QED) is 0.595. The minimum atomic E-state index is -0.370. The first-order valence-electron chi connectivity index (χ1n) is 8.72. The van der Waals surface area contributed by atoms with E-state index in [1.165, 1.54) is 13.3 Å². The Labute approximate surface area is 153 Å². The van der Waals surface area contributed by atoms with E-state index in [1.54, 1.807) is 12.1 Å². The summed E-state index contributed by atoms with van der Waals surface area (Å²) < 4.78 is 6.96. The first-order chi connectivity index (χ1) is 13.1. The second-order valence-electron chi connectivity index (χ2n) is 6.48. The van der Waals surface area contributed by atoms with Crippen LogP contribution in [0.1, 0.15) is 44.9 Å². The van der Waals surface area contributed by atoms with Gasteiger partial charge in [-0.15, -0.1) is 0 Å². The number of nitrogens with one attached hydrogen (secondary N) is 3. The second-order valence-corrected chi connectivity index (χ2v) is 6.48. The molecule has 1 amide bonds. The van der Waals surface area contributed by atoms with E-state index in [0.717, 1.165) is 37.2 Å². The summed E-state index contributed by atoms with van der Waals surface area (Å²) in [6.07, 6.45) is 4.29. The van der Waals surface area contributed by atoms with E-state index in [2.05, 4.69) is 24.8 Å². The number of aromatic amines is 2. The van der Waals surface area contributed by atoms with Crippen LogP contribution in [-0.4, -0.2) is 38.5 Å². The number of imidazole rings is 1. The van der Waals surface area contributed by atoms with Crippen LogP contribution in [0, 0.1) is 0 Å². The van der Waals surface area contributed by atoms with Crippen LogP contribution in [0.15, 0.2) is 23.1 Å². The zero-order valence-electron chi connectivity index (χ0n) is 14.8. The van der Waals surface area contributed by atoms with E-state index in [1.807, 2.05) is 0 Å². The molecule has 4 heterocycles. The molecule has 0 atom stereocenters. The van der Waals surface area contributed by atoms with E-state index in [0.29, 0.717) is 22.3 Å². The number of methoxy groups -OCH3 is 1. The molecule has 9 heteroatoms. The molecule has 0 radical (unpaired) electrons. The van der Waals surface area contributed by atoms with Crippen molar-refractivity contribution in [2.24, 2.45) is 0 Å². The smallest absolute Gasteiger partial charge is 0.339 e. The molecule has 4 rings (SSSR count). The largest absolute Gasteiger partial charge is 0.465 e. The first-order valence-corrected chi connectivity index (χ1v) is 8.72. The number of esters is 1. The number of carbonyl (C=O) groups excluding carboxylic acids is 2. The lowest BCUT2D eigenvalue weighted by molar-refractivity contribution is 0.0599. The number of H-pyrrole nitrogens is 2. The monoisotopic (exact) mass is 369 g/mol. The third-order valence-corrected chi connectivity index (χ3v) is 4.81. The van der Waals surface area contributed by atoms with Crippen molar-refractivity contribution in [3.8, 4) is 0 Å². The summed E-state index contributed by atoms with van der Waals surface area (Å²) in [4.78, 5) is 45.0. The lowest BCUT2D eigenvalue weighted by Gasteiger charge is -2.19. The van der Waals surface area contributed by atoms with Gasteiger partial charge in [-0.2, -0.15) is 0 Å². The second kappa shape index (κ2) is 6.75. The maximum atomic E-state index is 12.5. The van der Waals surface area contributed by atoms with Gasteiger partial charge in [0.2, 0.25) is 0 Å². The molecule has 0 saturated heterocycles. The Hall–Kier alpha value is -3.36. The standard InChI is InChI=1S/C18H19N5O4/c1-27-17(25)12-7-11(23-5-3-2-4-14(12)23)9-20-16(24)10-6-13-15(19-8-10)22-18(26)21-13/h6-8H,2-5,9H2,1H3,(H,20,24)(H2,19,21,22,26). The third-order valence-electron chi connectivity index (χ3n) is 4.81. The van der Waals surface area contributed by atoms with E-state index in [4.69, 9.17) is 4.74 Å². The van der Waals surface area contributed by atoms with Crippen LogP contribution in [0.2, 0.25) is 0 Å². The molecule has 0 unspecified atom stereocenters. The number of aromatic nitrogens is 4. The third kappa shape index (κ3) is 3.12. The molecule has 0 aliphatic carbocycles. The van der Waals surface area contributed by atoms with Gasteiger partial charge in [0.1, 0.15) is 0 Å². The van der Waals surface area contributed by atoms with Gasteiger partial charge in [-0.05, 0) is 31.4 Å². The molecule has 9 nitrogen and oxygen atoms in total. The van der Waals surface area contributed by atoms with Crippen molar-refractivity contribution < 1.29 is 14.3 Å². The molecule has 3 N–H and O–H groups in total. The van der Waals surface area contributed by atoms with Crippen molar-refractivity contribution >= 4 is 23.0 Å². The molecule has 0 fully saturated rings. The number of fused-ring (bicyclic) bond motifs is 2. The van der Waals surface area contributed by atoms with Gasteiger partial charge in [0.05, 0.1) is 30.3 Å². The lowest BCUT2D eigenvalue weighted by atomic mass is 10.1. The van der Waals surface area contributed by atoms with Crippen LogP contribution in [0.4, 0.5) is 0 Å². The normalized spacial score (nSPS) is 13.4. The summed E-state index contributed by atoms with van der Waals surface area (Å²) in [5.41, 5.74) is 3.24. The molecule has 1 aliphatic rings. The van der Waals surface area contributed by atoms with E-state index >= 15 is 0 Å². The van der Waals surface area contributed by atoms with Crippen LogP contribution >= 0.6 is 0 Å². The minimum absolute atomic E-state index is 0.282. The molecule has 0 saturated carbocycles. The van der Waals surface area contributed by atoms with Crippen LogP contribution in [0.5, 0.6) is 0 Å². The highest BCUT2D eigenvalue weighted by atomic mass is 16.5. The van der Waals surface area contributed by atoms with Crippen LogP contribution in [0.25, 0.3) is 11.2 Å². The molecule has 1 aliphatic heterocycles. The van der Waals surface area contributed by atoms with Gasteiger partial charge in [0.25, 0.3) is 5.91 Å². The van der Waals surface area contributed by atoms with Gasteiger partial charge >= 0.3 is 11.7 Å². The Morgan fingerprint density at radius 1 is 1.30 bits per heavy atom. The average Bonchev–Trinajstić information content (AvgIpc) is 3.24. The molecule has 3 aromatic rings. The summed E-state index contributed by atoms with van der Waals surface area (Å²) >= 11 is 0. The Bertz CT molecular complexity index is 1090. The highest BCUT2D eigenvalue weighted by Gasteiger charge is 2.23. The number of amides is 1. The van der Waals surface area contributed by atoms with E-state index < -0.39 is 0 Å². The van der Waals surface area contributed by atoms with Crippen molar-refractivity contribution in [2.75, 3.05) is 7.11 Å². The van der Waals surface area contributed by atoms with Gasteiger partial charge < -0.3 is 19.6 Å². The van der Waals surface area contributed by atoms with Crippen molar-refractivity contribution in [2.45, 2.75) is 32.4 Å². The van der Waals surface area contributed by atoms with Crippen molar-refractivity contribution in [3.63, 3.8) is 0 Å². The maximum absolute atomic E-state index is 12.5. The topological polar surface area (TPSA) is 122 Å². The molecule has 140 valence electrons. The average molecular weight is 369 g/mol. The van der Waals surface area contributed by atoms with Gasteiger partial charge in [-0.25, -0.2) is 14.6 Å². The van der Waals surface area contributed by atoms with E-state index in [-0.39, 0.29) is 24.1 Å². The predicted octanol–water partition coefficient (Wildman–Crippen LogP) is 1.11. The highest BCUT2D eigenvalue weighted by Crippen LogP contribution is 2.24. The summed E-state index contributed by atoms with van der Waals surface area (Å²) in [7, 11) is 1.37. The van der Waals surface area contributed by atoms with E-state index in [9.17, 15) is 14.4 Å². The first kappa shape index (κ1) is 17.1. The number of pyridine rings is 1. The zero-order chi connectivity index (χ0) is 19.0. The Kier molecular flexibility index (Phi) is 4.27. The van der Waals surface area contributed by atoms with Gasteiger partial charge in [0.15, 0.2) is 5.65 Å². The Morgan fingerprint density at radius 2 is 2.15 bits per heavy atom. The van der Waals surface area contributed by atoms with Crippen LogP contribution in [-0.2, 0) is 24.2 Å². The summed E-state index contributed by atoms with van der Waals surface area (Å²) in [5, 5.41) is 2.85. The number of nitrogens with zero attached hydrogens (tertiary/aromatic N) is 2. The number of ether oxygens (including phenoxy) is 1.